The first kappa shape index (κ1) is 11.5. The van der Waals surface area contributed by atoms with Crippen LogP contribution in [0.1, 0.15) is 0 Å². The molecule has 2 aromatic rings. The molecule has 0 unspecified atom stereocenters. The van der Waals surface area contributed by atoms with Gasteiger partial charge < -0.3 is 0 Å². The van der Waals surface area contributed by atoms with Crippen LogP contribution in [-0.4, -0.2) is 43.0 Å². The third kappa shape index (κ3) is 1.45. The number of nitrogens with zero attached hydrogens (tertiary/aromatic N) is 2. The first-order valence-electron chi connectivity index (χ1n) is 6.75. The summed E-state index contributed by atoms with van der Waals surface area (Å²) < 4.78 is 6.33. The Morgan fingerprint density at radius 3 is 1.60 bits per heavy atom. The standard InChI is InChI=1S/C16H12N2Se2/c1-3-7-13-11(5-1)17-9-10-18-12-6-2-4-8-14(12)20-16(18)15(17)19-13/h1-8H,9-10H2. The van der Waals surface area contributed by atoms with Gasteiger partial charge in [-0.05, 0) is 0 Å². The van der Waals surface area contributed by atoms with E-state index >= 15 is 0 Å². The minimum absolute atomic E-state index is 0.481. The molecular formula is C16H12N2Se2. The number of fused-ring (bicyclic) bond motifs is 6. The summed E-state index contributed by atoms with van der Waals surface area (Å²) in [4.78, 5) is 5.16. The first-order valence-corrected chi connectivity index (χ1v) is 10.2. The van der Waals surface area contributed by atoms with Crippen LogP contribution in [0.2, 0.25) is 0 Å². The summed E-state index contributed by atoms with van der Waals surface area (Å²) in [7, 11) is 0. The number of anilines is 2. The van der Waals surface area contributed by atoms with Crippen LogP contribution in [0.15, 0.2) is 57.7 Å². The van der Waals surface area contributed by atoms with Crippen molar-refractivity contribution in [3.05, 3.63) is 57.7 Å². The molecule has 0 aromatic heterocycles. The number of benzene rings is 2. The second-order valence-electron chi connectivity index (χ2n) is 5.05. The van der Waals surface area contributed by atoms with Crippen molar-refractivity contribution in [1.82, 2.24) is 0 Å². The molecule has 2 nitrogen and oxygen atoms in total. The van der Waals surface area contributed by atoms with E-state index in [2.05, 4.69) is 58.3 Å². The van der Waals surface area contributed by atoms with Gasteiger partial charge in [0.2, 0.25) is 0 Å². The van der Waals surface area contributed by atoms with E-state index in [0.29, 0.717) is 29.9 Å². The number of rotatable bonds is 0. The maximum atomic E-state index is 2.58. The van der Waals surface area contributed by atoms with Gasteiger partial charge in [0.05, 0.1) is 0 Å². The Bertz CT molecular complexity index is 690. The molecule has 20 heavy (non-hydrogen) atoms. The molecule has 3 heterocycles. The summed E-state index contributed by atoms with van der Waals surface area (Å²) >= 11 is 0.961. The summed E-state index contributed by atoms with van der Waals surface area (Å²) in [6, 6.07) is 17.9. The summed E-state index contributed by atoms with van der Waals surface area (Å²) in [6.07, 6.45) is 0. The van der Waals surface area contributed by atoms with E-state index in [9.17, 15) is 0 Å². The van der Waals surface area contributed by atoms with Crippen LogP contribution >= 0.6 is 0 Å². The van der Waals surface area contributed by atoms with Crippen LogP contribution in [0, 0.1) is 0 Å². The van der Waals surface area contributed by atoms with Crippen LogP contribution in [0.25, 0.3) is 0 Å². The van der Waals surface area contributed by atoms with E-state index in [1.807, 2.05) is 0 Å². The SMILES string of the molecule is c1ccc2c(c1)[Se]C1=C3[Se]c4ccccc4N3CCN12. The van der Waals surface area contributed by atoms with Gasteiger partial charge in [-0.3, -0.25) is 0 Å². The average Bonchev–Trinajstić information content (AvgIpc) is 3.05. The van der Waals surface area contributed by atoms with E-state index in [1.54, 1.807) is 18.1 Å². The van der Waals surface area contributed by atoms with E-state index < -0.39 is 0 Å². The Balaban J connectivity index is 1.67. The molecule has 0 fully saturated rings. The average molecular weight is 390 g/mol. The number of para-hydroxylation sites is 2. The molecule has 0 spiro atoms. The van der Waals surface area contributed by atoms with Crippen LogP contribution in [-0.2, 0) is 0 Å². The third-order valence-corrected chi connectivity index (χ3v) is 9.52. The second-order valence-corrected chi connectivity index (χ2v) is 9.38. The van der Waals surface area contributed by atoms with Gasteiger partial charge in [0.15, 0.2) is 0 Å². The van der Waals surface area contributed by atoms with Crippen molar-refractivity contribution in [1.29, 1.82) is 0 Å². The molecule has 0 saturated heterocycles. The predicted octanol–water partition coefficient (Wildman–Crippen LogP) is 0.826. The van der Waals surface area contributed by atoms with Gasteiger partial charge in [0, 0.05) is 0 Å². The van der Waals surface area contributed by atoms with Crippen LogP contribution in [0.4, 0.5) is 11.4 Å². The topological polar surface area (TPSA) is 6.48 Å². The van der Waals surface area contributed by atoms with E-state index in [1.165, 1.54) is 11.4 Å². The van der Waals surface area contributed by atoms with Gasteiger partial charge in [-0.2, -0.15) is 0 Å². The summed E-state index contributed by atoms with van der Waals surface area (Å²) in [5.41, 5.74) is 2.92. The van der Waals surface area contributed by atoms with E-state index in [0.717, 1.165) is 13.1 Å². The minimum atomic E-state index is 0.481. The van der Waals surface area contributed by atoms with Crippen molar-refractivity contribution >= 4 is 50.2 Å². The first-order chi connectivity index (χ1) is 9.92. The number of hydrogen-bond donors (Lipinski definition) is 0. The quantitative estimate of drug-likeness (QED) is 0.615. The molecule has 2 aromatic carbocycles. The number of hydrogen-bond acceptors (Lipinski definition) is 2. The van der Waals surface area contributed by atoms with Gasteiger partial charge in [-0.25, -0.2) is 0 Å². The molecule has 4 heteroatoms. The zero-order chi connectivity index (χ0) is 13.1. The molecule has 0 radical (unpaired) electrons. The Morgan fingerprint density at radius 1 is 0.650 bits per heavy atom. The molecule has 0 bridgehead atoms. The Kier molecular flexibility index (Phi) is 2.39. The molecule has 0 aliphatic carbocycles. The van der Waals surface area contributed by atoms with E-state index in [-0.39, 0.29) is 0 Å². The van der Waals surface area contributed by atoms with Crippen molar-refractivity contribution in [2.45, 2.75) is 0 Å². The molecule has 0 amide bonds. The van der Waals surface area contributed by atoms with Gasteiger partial charge in [0.25, 0.3) is 0 Å². The van der Waals surface area contributed by atoms with Gasteiger partial charge >= 0.3 is 131 Å². The normalized spacial score (nSPS) is 18.8. The molecular weight excluding hydrogens is 378 g/mol. The fraction of sp³-hybridized carbons (Fsp3) is 0.125. The Labute approximate surface area is 130 Å². The Hall–Kier alpha value is -1.18. The van der Waals surface area contributed by atoms with E-state index in [4.69, 9.17) is 0 Å². The van der Waals surface area contributed by atoms with Crippen molar-refractivity contribution in [3.8, 4) is 0 Å². The molecule has 3 aliphatic rings. The molecule has 0 atom stereocenters. The zero-order valence-electron chi connectivity index (χ0n) is 10.7. The van der Waals surface area contributed by atoms with Crippen molar-refractivity contribution in [3.63, 3.8) is 0 Å². The summed E-state index contributed by atoms with van der Waals surface area (Å²) in [5, 5.41) is 0. The van der Waals surface area contributed by atoms with Crippen molar-refractivity contribution in [2.24, 2.45) is 0 Å². The predicted molar refractivity (Wildman–Crippen MR) is 85.4 cm³/mol. The van der Waals surface area contributed by atoms with Crippen LogP contribution in [0.3, 0.4) is 0 Å². The molecule has 0 saturated carbocycles. The van der Waals surface area contributed by atoms with Crippen LogP contribution < -0.4 is 18.7 Å². The fourth-order valence-electron chi connectivity index (χ4n) is 3.03. The van der Waals surface area contributed by atoms with Gasteiger partial charge in [-0.1, -0.05) is 0 Å². The maximum absolute atomic E-state index is 2.58. The third-order valence-electron chi connectivity index (χ3n) is 3.95. The zero-order valence-corrected chi connectivity index (χ0v) is 14.2. The monoisotopic (exact) mass is 392 g/mol. The summed E-state index contributed by atoms with van der Waals surface area (Å²) in [5.74, 6) is 0. The van der Waals surface area contributed by atoms with Crippen LogP contribution in [0.5, 0.6) is 0 Å². The van der Waals surface area contributed by atoms with Crippen molar-refractivity contribution < 1.29 is 0 Å². The second kappa shape index (κ2) is 4.16. The van der Waals surface area contributed by atoms with Gasteiger partial charge in [-0.15, -0.1) is 0 Å². The molecule has 98 valence electrons. The molecule has 3 aliphatic heterocycles. The summed E-state index contributed by atoms with van der Waals surface area (Å²) in [6.45, 7) is 2.25. The molecule has 0 N–H and O–H groups in total. The van der Waals surface area contributed by atoms with Gasteiger partial charge in [0.1, 0.15) is 0 Å². The Morgan fingerprint density at radius 2 is 1.10 bits per heavy atom. The fourth-order valence-corrected chi connectivity index (χ4v) is 8.70. The molecule has 5 rings (SSSR count). The van der Waals surface area contributed by atoms with Crippen molar-refractivity contribution in [2.75, 3.05) is 22.9 Å².